The van der Waals surface area contributed by atoms with E-state index in [2.05, 4.69) is 0 Å². The van der Waals surface area contributed by atoms with Crippen molar-refractivity contribution < 1.29 is 9.90 Å². The summed E-state index contributed by atoms with van der Waals surface area (Å²) in [5.41, 5.74) is 0. The number of thioether (sulfide) groups is 2. The zero-order valence-corrected chi connectivity index (χ0v) is 10.4. The van der Waals surface area contributed by atoms with Gasteiger partial charge in [0, 0.05) is 54.5 Å². The second kappa shape index (κ2) is 5.46. The summed E-state index contributed by atoms with van der Waals surface area (Å²) in [6.45, 7) is 1.79. The summed E-state index contributed by atoms with van der Waals surface area (Å²) < 4.78 is 0. The van der Waals surface area contributed by atoms with Crippen LogP contribution in [0.1, 0.15) is 6.42 Å². The summed E-state index contributed by atoms with van der Waals surface area (Å²) in [5, 5.41) is 9.62. The summed E-state index contributed by atoms with van der Waals surface area (Å²) in [6.07, 6.45) is 0.543. The lowest BCUT2D eigenvalue weighted by atomic mass is 10.1. The molecule has 5 heteroatoms. The minimum Gasteiger partial charge on any atom is -0.396 e. The Morgan fingerprint density at radius 2 is 2.33 bits per heavy atom. The topological polar surface area (TPSA) is 40.5 Å². The van der Waals surface area contributed by atoms with Crippen molar-refractivity contribution in [2.24, 2.45) is 5.92 Å². The average Bonchev–Trinajstić information content (AvgIpc) is 2.61. The molecule has 2 saturated heterocycles. The Labute approximate surface area is 99.0 Å². The Kier molecular flexibility index (Phi) is 4.22. The summed E-state index contributed by atoms with van der Waals surface area (Å²) >= 11 is 3.97. The highest BCUT2D eigenvalue weighted by Crippen LogP contribution is 2.26. The molecule has 2 aliphatic heterocycles. The molecule has 2 heterocycles. The van der Waals surface area contributed by atoms with Gasteiger partial charge in [-0.05, 0) is 0 Å². The van der Waals surface area contributed by atoms with Crippen LogP contribution in [-0.2, 0) is 4.79 Å². The first-order valence-corrected chi connectivity index (χ1v) is 7.58. The Balaban J connectivity index is 1.81. The van der Waals surface area contributed by atoms with E-state index in [4.69, 9.17) is 5.11 Å². The number of likely N-dealkylation sites (tertiary alicyclic amines) is 1. The van der Waals surface area contributed by atoms with Gasteiger partial charge in [0.15, 0.2) is 0 Å². The minimum atomic E-state index is 0.148. The van der Waals surface area contributed by atoms with E-state index in [-0.39, 0.29) is 18.4 Å². The van der Waals surface area contributed by atoms with Crippen LogP contribution in [0.3, 0.4) is 0 Å². The molecule has 0 aliphatic carbocycles. The van der Waals surface area contributed by atoms with Crippen molar-refractivity contribution in [3.8, 4) is 0 Å². The molecule has 1 N–H and O–H groups in total. The van der Waals surface area contributed by atoms with Gasteiger partial charge in [-0.1, -0.05) is 0 Å². The number of hydrogen-bond acceptors (Lipinski definition) is 4. The fourth-order valence-corrected chi connectivity index (χ4v) is 4.72. The molecule has 0 bridgehead atoms. The molecular formula is C10H17NO2S2. The van der Waals surface area contributed by atoms with Gasteiger partial charge in [-0.25, -0.2) is 0 Å². The Bertz CT molecular complexity index is 231. The van der Waals surface area contributed by atoms with E-state index in [1.54, 1.807) is 0 Å². The van der Waals surface area contributed by atoms with Gasteiger partial charge in [0.1, 0.15) is 0 Å². The van der Waals surface area contributed by atoms with Crippen molar-refractivity contribution in [3.05, 3.63) is 0 Å². The monoisotopic (exact) mass is 247 g/mol. The van der Waals surface area contributed by atoms with Gasteiger partial charge in [0.2, 0.25) is 5.91 Å². The molecule has 15 heavy (non-hydrogen) atoms. The summed E-state index contributed by atoms with van der Waals surface area (Å²) in [4.78, 5) is 13.6. The lowest BCUT2D eigenvalue weighted by molar-refractivity contribution is -0.127. The van der Waals surface area contributed by atoms with Gasteiger partial charge in [0.25, 0.3) is 0 Å². The van der Waals surface area contributed by atoms with Crippen molar-refractivity contribution >= 4 is 29.4 Å². The molecule has 86 valence electrons. The molecule has 2 fully saturated rings. The van der Waals surface area contributed by atoms with E-state index >= 15 is 0 Å². The molecule has 0 radical (unpaired) electrons. The quantitative estimate of drug-likeness (QED) is 0.796. The van der Waals surface area contributed by atoms with Crippen LogP contribution in [0.5, 0.6) is 0 Å². The van der Waals surface area contributed by atoms with Gasteiger partial charge < -0.3 is 10.0 Å². The van der Waals surface area contributed by atoms with Crippen LogP contribution < -0.4 is 0 Å². The van der Waals surface area contributed by atoms with Gasteiger partial charge in [-0.15, -0.1) is 0 Å². The first-order chi connectivity index (χ1) is 7.29. The smallest absolute Gasteiger partial charge is 0.223 e. The molecule has 0 aromatic rings. The molecule has 2 unspecified atom stereocenters. The standard InChI is InChI=1S/C10H17NO2S2/c12-6-8-3-10(13)11(4-8)5-9-7-14-1-2-15-9/h8-9,12H,1-7H2. The third-order valence-corrected chi connectivity index (χ3v) is 5.69. The lowest BCUT2D eigenvalue weighted by Gasteiger charge is -2.26. The molecule has 0 saturated carbocycles. The van der Waals surface area contributed by atoms with Crippen molar-refractivity contribution in [2.75, 3.05) is 37.0 Å². The second-order valence-electron chi connectivity index (χ2n) is 4.12. The van der Waals surface area contributed by atoms with E-state index in [0.29, 0.717) is 11.7 Å². The van der Waals surface area contributed by atoms with Gasteiger partial charge in [0.05, 0.1) is 0 Å². The number of amides is 1. The van der Waals surface area contributed by atoms with E-state index < -0.39 is 0 Å². The third-order valence-electron chi connectivity index (χ3n) is 2.86. The minimum absolute atomic E-state index is 0.148. The molecule has 0 aromatic carbocycles. The number of hydrogen-bond donors (Lipinski definition) is 1. The molecule has 0 aromatic heterocycles. The molecular weight excluding hydrogens is 230 g/mol. The average molecular weight is 247 g/mol. The van der Waals surface area contributed by atoms with Crippen LogP contribution >= 0.6 is 23.5 Å². The van der Waals surface area contributed by atoms with E-state index in [9.17, 15) is 4.79 Å². The number of nitrogens with zero attached hydrogens (tertiary/aromatic N) is 1. The van der Waals surface area contributed by atoms with Crippen LogP contribution in [-0.4, -0.2) is 58.1 Å². The predicted octanol–water partition coefficient (Wildman–Crippen LogP) is 0.676. The Morgan fingerprint density at radius 3 is 2.93 bits per heavy atom. The predicted molar refractivity (Wildman–Crippen MR) is 65.3 cm³/mol. The Morgan fingerprint density at radius 1 is 1.47 bits per heavy atom. The number of aliphatic hydroxyl groups is 1. The van der Waals surface area contributed by atoms with Crippen LogP contribution in [0, 0.1) is 5.92 Å². The maximum absolute atomic E-state index is 11.6. The number of carbonyl (C=O) groups is 1. The molecule has 2 aliphatic rings. The van der Waals surface area contributed by atoms with Gasteiger partial charge in [-0.3, -0.25) is 4.79 Å². The Hall–Kier alpha value is 0.130. The zero-order chi connectivity index (χ0) is 10.7. The molecule has 3 nitrogen and oxygen atoms in total. The summed E-state index contributed by atoms with van der Waals surface area (Å²) in [6, 6.07) is 0. The molecule has 1 amide bonds. The molecule has 2 atom stereocenters. The lowest BCUT2D eigenvalue weighted by Crippen LogP contribution is -2.35. The molecule has 0 spiro atoms. The third kappa shape index (κ3) is 3.04. The van der Waals surface area contributed by atoms with Crippen LogP contribution in [0.15, 0.2) is 0 Å². The van der Waals surface area contributed by atoms with Crippen molar-refractivity contribution in [1.82, 2.24) is 4.90 Å². The first kappa shape index (κ1) is 11.6. The number of carbonyl (C=O) groups excluding carboxylic acids is 1. The van der Waals surface area contributed by atoms with Crippen molar-refractivity contribution in [2.45, 2.75) is 11.7 Å². The van der Waals surface area contributed by atoms with E-state index in [1.807, 2.05) is 28.4 Å². The largest absolute Gasteiger partial charge is 0.396 e. The normalized spacial score (nSPS) is 32.3. The summed E-state index contributed by atoms with van der Waals surface area (Å²) in [5.74, 6) is 4.02. The SMILES string of the molecule is O=C1CC(CO)CN1CC1CSCCS1. The first-order valence-electron chi connectivity index (χ1n) is 5.37. The van der Waals surface area contributed by atoms with Crippen LogP contribution in [0.4, 0.5) is 0 Å². The van der Waals surface area contributed by atoms with Crippen LogP contribution in [0.2, 0.25) is 0 Å². The summed E-state index contributed by atoms with van der Waals surface area (Å²) in [7, 11) is 0. The highest BCUT2D eigenvalue weighted by molar-refractivity contribution is 8.06. The van der Waals surface area contributed by atoms with Crippen LogP contribution in [0.25, 0.3) is 0 Å². The maximum atomic E-state index is 11.6. The fourth-order valence-electron chi connectivity index (χ4n) is 2.04. The molecule has 2 rings (SSSR count). The van der Waals surface area contributed by atoms with Crippen molar-refractivity contribution in [3.63, 3.8) is 0 Å². The van der Waals surface area contributed by atoms with E-state index in [1.165, 1.54) is 11.5 Å². The van der Waals surface area contributed by atoms with Gasteiger partial charge in [-0.2, -0.15) is 23.5 Å². The fraction of sp³-hybridized carbons (Fsp3) is 0.900. The maximum Gasteiger partial charge on any atom is 0.223 e. The highest BCUT2D eigenvalue weighted by Gasteiger charge is 2.31. The highest BCUT2D eigenvalue weighted by atomic mass is 32.2. The van der Waals surface area contributed by atoms with Crippen molar-refractivity contribution in [1.29, 1.82) is 0 Å². The zero-order valence-electron chi connectivity index (χ0n) is 8.72. The number of aliphatic hydroxyl groups excluding tert-OH is 1. The van der Waals surface area contributed by atoms with E-state index in [0.717, 1.165) is 18.8 Å². The van der Waals surface area contributed by atoms with Gasteiger partial charge >= 0.3 is 0 Å². The second-order valence-corrected chi connectivity index (χ2v) is 6.68. The number of rotatable bonds is 3.